The largest absolute Gasteiger partial charge is 0.390 e. The van der Waals surface area contributed by atoms with Crippen LogP contribution in [0.25, 0.3) is 0 Å². The van der Waals surface area contributed by atoms with Crippen molar-refractivity contribution in [1.29, 1.82) is 0 Å². The average Bonchev–Trinajstić information content (AvgIpc) is 1.86. The molecular weight excluding hydrogens is 140 g/mol. The van der Waals surface area contributed by atoms with Crippen molar-refractivity contribution in [3.8, 4) is 0 Å². The van der Waals surface area contributed by atoms with Crippen LogP contribution in [0.3, 0.4) is 0 Å². The molecule has 0 aromatic heterocycles. The van der Waals surface area contributed by atoms with Crippen LogP contribution >= 0.6 is 0 Å². The molecule has 2 atom stereocenters. The normalized spacial score (nSPS) is 22.4. The average molecular weight is 160 g/mol. The Morgan fingerprint density at radius 3 is 1.36 bits per heavy atom. The molecule has 0 radical (unpaired) electrons. The monoisotopic (exact) mass is 160 g/mol. The Kier molecular flexibility index (Phi) is 3.52. The van der Waals surface area contributed by atoms with E-state index in [1.165, 1.54) is 0 Å². The zero-order valence-corrected chi connectivity index (χ0v) is 8.02. The number of hydrogen-bond donors (Lipinski definition) is 2. The van der Waals surface area contributed by atoms with Crippen LogP contribution in [0.2, 0.25) is 0 Å². The minimum Gasteiger partial charge on any atom is -0.390 e. The predicted molar refractivity (Wildman–Crippen MR) is 46.4 cm³/mol. The van der Waals surface area contributed by atoms with Crippen LogP contribution in [0.1, 0.15) is 47.0 Å². The maximum Gasteiger partial charge on any atom is 0.0644 e. The third-order valence-corrected chi connectivity index (χ3v) is 2.29. The number of rotatable bonds is 4. The highest BCUT2D eigenvalue weighted by atomic mass is 16.3. The summed E-state index contributed by atoms with van der Waals surface area (Å²) in [6.07, 6.45) is 1.82. The molecule has 68 valence electrons. The Hall–Kier alpha value is -0.0800. The summed E-state index contributed by atoms with van der Waals surface area (Å²) in [5.74, 6) is 0. The summed E-state index contributed by atoms with van der Waals surface area (Å²) < 4.78 is 0. The smallest absolute Gasteiger partial charge is 0.0644 e. The van der Waals surface area contributed by atoms with E-state index in [4.69, 9.17) is 0 Å². The molecule has 0 aromatic rings. The van der Waals surface area contributed by atoms with Gasteiger partial charge in [-0.2, -0.15) is 0 Å². The molecule has 0 bridgehead atoms. The van der Waals surface area contributed by atoms with Gasteiger partial charge in [-0.3, -0.25) is 0 Å². The molecule has 0 aliphatic heterocycles. The predicted octanol–water partition coefficient (Wildman–Crippen LogP) is 1.70. The second kappa shape index (κ2) is 3.55. The SMILES string of the molecule is CCC(C)(O)CC(C)(O)CC. The fourth-order valence-corrected chi connectivity index (χ4v) is 1.07. The van der Waals surface area contributed by atoms with Gasteiger partial charge in [-0.15, -0.1) is 0 Å². The summed E-state index contributed by atoms with van der Waals surface area (Å²) in [5, 5.41) is 19.3. The van der Waals surface area contributed by atoms with Crippen molar-refractivity contribution in [1.82, 2.24) is 0 Å². The lowest BCUT2D eigenvalue weighted by molar-refractivity contribution is -0.0485. The third kappa shape index (κ3) is 4.38. The van der Waals surface area contributed by atoms with Crippen molar-refractivity contribution in [3.05, 3.63) is 0 Å². The van der Waals surface area contributed by atoms with Crippen LogP contribution in [0.15, 0.2) is 0 Å². The summed E-state index contributed by atoms with van der Waals surface area (Å²) in [4.78, 5) is 0. The zero-order chi connectivity index (χ0) is 9.12. The highest BCUT2D eigenvalue weighted by Gasteiger charge is 2.29. The molecule has 0 spiro atoms. The Labute approximate surface area is 69.2 Å². The lowest BCUT2D eigenvalue weighted by Gasteiger charge is -2.31. The van der Waals surface area contributed by atoms with E-state index >= 15 is 0 Å². The molecular formula is C9H20O2. The zero-order valence-electron chi connectivity index (χ0n) is 8.02. The van der Waals surface area contributed by atoms with Crippen LogP contribution < -0.4 is 0 Å². The van der Waals surface area contributed by atoms with Crippen molar-refractivity contribution in [2.75, 3.05) is 0 Å². The van der Waals surface area contributed by atoms with Crippen LogP contribution in [0, 0.1) is 0 Å². The van der Waals surface area contributed by atoms with E-state index in [-0.39, 0.29) is 0 Å². The van der Waals surface area contributed by atoms with Crippen LogP contribution in [0.4, 0.5) is 0 Å². The molecule has 0 fully saturated rings. The van der Waals surface area contributed by atoms with Gasteiger partial charge in [0.1, 0.15) is 0 Å². The van der Waals surface area contributed by atoms with Gasteiger partial charge in [-0.1, -0.05) is 13.8 Å². The van der Waals surface area contributed by atoms with Crippen molar-refractivity contribution >= 4 is 0 Å². The molecule has 0 saturated carbocycles. The fraction of sp³-hybridized carbons (Fsp3) is 1.00. The summed E-state index contributed by atoms with van der Waals surface area (Å²) in [5.41, 5.74) is -1.45. The molecule has 2 nitrogen and oxygen atoms in total. The third-order valence-electron chi connectivity index (χ3n) is 2.29. The first-order chi connectivity index (χ1) is 4.83. The summed E-state index contributed by atoms with van der Waals surface area (Å²) in [6.45, 7) is 7.37. The molecule has 0 saturated heterocycles. The van der Waals surface area contributed by atoms with Gasteiger partial charge in [0.25, 0.3) is 0 Å². The van der Waals surface area contributed by atoms with Gasteiger partial charge >= 0.3 is 0 Å². The van der Waals surface area contributed by atoms with Gasteiger partial charge in [-0.25, -0.2) is 0 Å². The van der Waals surface area contributed by atoms with E-state index in [0.29, 0.717) is 19.3 Å². The van der Waals surface area contributed by atoms with Crippen molar-refractivity contribution in [2.45, 2.75) is 58.2 Å². The summed E-state index contributed by atoms with van der Waals surface area (Å²) >= 11 is 0. The van der Waals surface area contributed by atoms with Gasteiger partial charge in [-0.05, 0) is 26.7 Å². The fourth-order valence-electron chi connectivity index (χ4n) is 1.07. The van der Waals surface area contributed by atoms with Gasteiger partial charge in [0.2, 0.25) is 0 Å². The second-order valence-corrected chi connectivity index (χ2v) is 3.88. The molecule has 0 aliphatic carbocycles. The lowest BCUT2D eigenvalue weighted by Crippen LogP contribution is -2.36. The Balaban J connectivity index is 4.02. The molecule has 2 N–H and O–H groups in total. The maximum atomic E-state index is 9.63. The topological polar surface area (TPSA) is 40.5 Å². The molecule has 0 rings (SSSR count). The van der Waals surface area contributed by atoms with Gasteiger partial charge in [0, 0.05) is 6.42 Å². The highest BCUT2D eigenvalue weighted by molar-refractivity contribution is 4.82. The maximum absolute atomic E-state index is 9.63. The first-order valence-electron chi connectivity index (χ1n) is 4.28. The molecule has 2 unspecified atom stereocenters. The van der Waals surface area contributed by atoms with Gasteiger partial charge in [0.05, 0.1) is 11.2 Å². The Morgan fingerprint density at radius 1 is 0.909 bits per heavy atom. The molecule has 11 heavy (non-hydrogen) atoms. The van der Waals surface area contributed by atoms with E-state index < -0.39 is 11.2 Å². The van der Waals surface area contributed by atoms with E-state index in [1.54, 1.807) is 13.8 Å². The van der Waals surface area contributed by atoms with E-state index in [0.717, 1.165) is 0 Å². The minimum absolute atomic E-state index is 0.451. The van der Waals surface area contributed by atoms with Gasteiger partial charge < -0.3 is 10.2 Å². The molecule has 0 aromatic carbocycles. The van der Waals surface area contributed by atoms with Gasteiger partial charge in [0.15, 0.2) is 0 Å². The van der Waals surface area contributed by atoms with Crippen LogP contribution in [-0.4, -0.2) is 21.4 Å². The van der Waals surface area contributed by atoms with Crippen molar-refractivity contribution in [2.24, 2.45) is 0 Å². The first kappa shape index (κ1) is 10.9. The quantitative estimate of drug-likeness (QED) is 0.657. The van der Waals surface area contributed by atoms with E-state index in [1.807, 2.05) is 13.8 Å². The Bertz CT molecular complexity index is 103. The van der Waals surface area contributed by atoms with E-state index in [9.17, 15) is 10.2 Å². The Morgan fingerprint density at radius 2 is 1.18 bits per heavy atom. The standard InChI is InChI=1S/C9H20O2/c1-5-8(3,10)7-9(4,11)6-2/h10-11H,5-7H2,1-4H3. The summed E-state index contributed by atoms with van der Waals surface area (Å²) in [6, 6.07) is 0. The number of aliphatic hydroxyl groups is 2. The molecule has 2 heteroatoms. The molecule has 0 heterocycles. The van der Waals surface area contributed by atoms with Crippen LogP contribution in [-0.2, 0) is 0 Å². The first-order valence-corrected chi connectivity index (χ1v) is 4.28. The number of hydrogen-bond acceptors (Lipinski definition) is 2. The minimum atomic E-state index is -0.723. The summed E-state index contributed by atoms with van der Waals surface area (Å²) in [7, 11) is 0. The van der Waals surface area contributed by atoms with Crippen molar-refractivity contribution < 1.29 is 10.2 Å². The lowest BCUT2D eigenvalue weighted by atomic mass is 9.86. The van der Waals surface area contributed by atoms with Crippen molar-refractivity contribution in [3.63, 3.8) is 0 Å². The molecule has 0 amide bonds. The van der Waals surface area contributed by atoms with Crippen LogP contribution in [0.5, 0.6) is 0 Å². The molecule has 0 aliphatic rings. The second-order valence-electron chi connectivity index (χ2n) is 3.88. The van der Waals surface area contributed by atoms with E-state index in [2.05, 4.69) is 0 Å². The highest BCUT2D eigenvalue weighted by Crippen LogP contribution is 2.25.